The van der Waals surface area contributed by atoms with Crippen molar-refractivity contribution in [2.24, 2.45) is 0 Å². The number of thioether (sulfide) groups is 1. The summed E-state index contributed by atoms with van der Waals surface area (Å²) in [5.41, 5.74) is 1.07. The lowest BCUT2D eigenvalue weighted by Crippen LogP contribution is -2.13. The molecule has 14 heavy (non-hydrogen) atoms. The van der Waals surface area contributed by atoms with Crippen LogP contribution in [0.3, 0.4) is 0 Å². The molecule has 0 radical (unpaired) electrons. The van der Waals surface area contributed by atoms with Gasteiger partial charge in [-0.1, -0.05) is 6.07 Å². The summed E-state index contributed by atoms with van der Waals surface area (Å²) in [5, 5.41) is 0. The maximum absolute atomic E-state index is 11.3. The fourth-order valence-corrected chi connectivity index (χ4v) is 2.49. The van der Waals surface area contributed by atoms with Gasteiger partial charge in [0.1, 0.15) is 11.5 Å². The molecule has 0 spiro atoms. The second-order valence-corrected chi connectivity index (χ2v) is 4.19. The molecule has 0 aromatic heterocycles. The van der Waals surface area contributed by atoms with E-state index in [1.165, 1.54) is 4.90 Å². The number of carbonyl (C=O) groups is 1. The molecule has 0 unspecified atom stereocenters. The Morgan fingerprint density at radius 1 is 1.50 bits per heavy atom. The average molecular weight is 208 g/mol. The Bertz CT molecular complexity index is 360. The molecule has 0 amide bonds. The number of fused-ring (bicyclic) bond motifs is 1. The number of rotatable bonds is 2. The summed E-state index contributed by atoms with van der Waals surface area (Å²) in [6, 6.07) is 5.96. The molecule has 3 heteroatoms. The van der Waals surface area contributed by atoms with Gasteiger partial charge in [0.15, 0.2) is 0 Å². The van der Waals surface area contributed by atoms with Crippen LogP contribution in [0.4, 0.5) is 0 Å². The first kappa shape index (κ1) is 9.59. The molecular weight excluding hydrogens is 196 g/mol. The van der Waals surface area contributed by atoms with Crippen molar-refractivity contribution in [1.82, 2.24) is 0 Å². The van der Waals surface area contributed by atoms with Gasteiger partial charge in [-0.25, -0.2) is 0 Å². The lowest BCUT2D eigenvalue weighted by Gasteiger charge is -2.17. The highest BCUT2D eigenvalue weighted by atomic mass is 32.2. The van der Waals surface area contributed by atoms with Crippen LogP contribution in [0.1, 0.15) is 12.5 Å². The Morgan fingerprint density at radius 3 is 3.14 bits per heavy atom. The zero-order valence-corrected chi connectivity index (χ0v) is 8.89. The fourth-order valence-electron chi connectivity index (χ4n) is 1.55. The zero-order chi connectivity index (χ0) is 9.97. The zero-order valence-electron chi connectivity index (χ0n) is 8.08. The molecule has 0 N–H and O–H groups in total. The van der Waals surface area contributed by atoms with Crippen LogP contribution in [0.25, 0.3) is 0 Å². The highest BCUT2D eigenvalue weighted by Crippen LogP contribution is 2.34. The van der Waals surface area contributed by atoms with E-state index < -0.39 is 0 Å². The lowest BCUT2D eigenvalue weighted by molar-refractivity contribution is -0.116. The number of carbonyl (C=O) groups excluding carboxylic acids is 1. The van der Waals surface area contributed by atoms with E-state index >= 15 is 0 Å². The van der Waals surface area contributed by atoms with Gasteiger partial charge in [-0.05, 0) is 19.1 Å². The lowest BCUT2D eigenvalue weighted by atomic mass is 10.1. The quantitative estimate of drug-likeness (QED) is 0.746. The molecule has 1 heterocycles. The minimum atomic E-state index is 0.287. The molecule has 1 aromatic rings. The summed E-state index contributed by atoms with van der Waals surface area (Å²) in [4.78, 5) is 12.5. The number of Topliss-reactive ketones (excluding diaryl/α,β-unsaturated/α-hetero) is 1. The number of benzene rings is 1. The van der Waals surface area contributed by atoms with E-state index in [0.717, 1.165) is 11.3 Å². The fraction of sp³-hybridized carbons (Fsp3) is 0.364. The Labute approximate surface area is 87.6 Å². The van der Waals surface area contributed by atoms with Crippen LogP contribution >= 0.6 is 11.8 Å². The number of ether oxygens (including phenoxy) is 1. The predicted octanol–water partition coefficient (Wildman–Crippen LogP) is 2.30. The van der Waals surface area contributed by atoms with Crippen LogP contribution in [0.5, 0.6) is 5.75 Å². The molecule has 0 atom stereocenters. The molecule has 74 valence electrons. The van der Waals surface area contributed by atoms with Crippen molar-refractivity contribution in [2.45, 2.75) is 18.2 Å². The van der Waals surface area contributed by atoms with Crippen LogP contribution in [-0.4, -0.2) is 18.1 Å². The molecule has 0 aliphatic carbocycles. The molecule has 0 bridgehead atoms. The van der Waals surface area contributed by atoms with Gasteiger partial charge in [0.25, 0.3) is 0 Å². The third-order valence-corrected chi connectivity index (χ3v) is 3.31. The van der Waals surface area contributed by atoms with Gasteiger partial charge < -0.3 is 4.74 Å². The van der Waals surface area contributed by atoms with Crippen molar-refractivity contribution in [1.29, 1.82) is 0 Å². The predicted molar refractivity (Wildman–Crippen MR) is 57.0 cm³/mol. The van der Waals surface area contributed by atoms with E-state index in [9.17, 15) is 4.79 Å². The third kappa shape index (κ3) is 1.77. The van der Waals surface area contributed by atoms with E-state index in [4.69, 9.17) is 4.74 Å². The van der Waals surface area contributed by atoms with Gasteiger partial charge in [-0.3, -0.25) is 4.79 Å². The van der Waals surface area contributed by atoms with Crippen LogP contribution < -0.4 is 4.74 Å². The first-order valence-electron chi connectivity index (χ1n) is 4.70. The van der Waals surface area contributed by atoms with E-state index in [0.29, 0.717) is 18.8 Å². The number of hydrogen-bond donors (Lipinski definition) is 0. The Hall–Kier alpha value is -0.960. The highest BCUT2D eigenvalue weighted by Gasteiger charge is 2.19. The molecule has 2 nitrogen and oxygen atoms in total. The SMILES string of the molecule is CCOc1cccc2c1CC(=O)CS2. The largest absolute Gasteiger partial charge is 0.494 e. The summed E-state index contributed by atoms with van der Waals surface area (Å²) in [5.74, 6) is 1.75. The van der Waals surface area contributed by atoms with Gasteiger partial charge in [0, 0.05) is 16.9 Å². The minimum absolute atomic E-state index is 0.287. The molecule has 2 rings (SSSR count). The maximum Gasteiger partial charge on any atom is 0.147 e. The van der Waals surface area contributed by atoms with E-state index in [-0.39, 0.29) is 5.78 Å². The van der Waals surface area contributed by atoms with Gasteiger partial charge in [0.05, 0.1) is 12.4 Å². The average Bonchev–Trinajstić information content (AvgIpc) is 2.19. The van der Waals surface area contributed by atoms with E-state index in [1.807, 2.05) is 19.1 Å². The summed E-state index contributed by atoms with van der Waals surface area (Å²) in [6.45, 7) is 2.60. The van der Waals surface area contributed by atoms with Crippen molar-refractivity contribution in [3.05, 3.63) is 23.8 Å². The van der Waals surface area contributed by atoms with Gasteiger partial charge >= 0.3 is 0 Å². The summed E-state index contributed by atoms with van der Waals surface area (Å²) in [6.07, 6.45) is 0.526. The summed E-state index contributed by atoms with van der Waals surface area (Å²) in [7, 11) is 0. The van der Waals surface area contributed by atoms with Crippen LogP contribution in [0.2, 0.25) is 0 Å². The first-order valence-corrected chi connectivity index (χ1v) is 5.69. The molecule has 0 saturated heterocycles. The van der Waals surface area contributed by atoms with Crippen molar-refractivity contribution < 1.29 is 9.53 Å². The maximum atomic E-state index is 11.3. The van der Waals surface area contributed by atoms with Crippen molar-refractivity contribution >= 4 is 17.5 Å². The summed E-state index contributed by atoms with van der Waals surface area (Å²) < 4.78 is 5.49. The standard InChI is InChI=1S/C11H12O2S/c1-2-13-10-4-3-5-11-9(10)6-8(12)7-14-11/h3-5H,2,6-7H2,1H3. The molecule has 1 aliphatic heterocycles. The first-order chi connectivity index (χ1) is 6.81. The second-order valence-electron chi connectivity index (χ2n) is 3.17. The Morgan fingerprint density at radius 2 is 2.36 bits per heavy atom. The van der Waals surface area contributed by atoms with Crippen molar-refractivity contribution in [2.75, 3.05) is 12.4 Å². The smallest absolute Gasteiger partial charge is 0.147 e. The molecule has 1 aromatic carbocycles. The van der Waals surface area contributed by atoms with Crippen LogP contribution in [-0.2, 0) is 11.2 Å². The molecule has 1 aliphatic rings. The summed E-state index contributed by atoms with van der Waals surface area (Å²) >= 11 is 1.61. The highest BCUT2D eigenvalue weighted by molar-refractivity contribution is 8.00. The Kier molecular flexibility index (Phi) is 2.77. The van der Waals surface area contributed by atoms with E-state index in [1.54, 1.807) is 11.8 Å². The number of ketones is 1. The molecular formula is C11H12O2S. The van der Waals surface area contributed by atoms with Crippen LogP contribution in [0, 0.1) is 0 Å². The molecule has 0 fully saturated rings. The number of hydrogen-bond acceptors (Lipinski definition) is 3. The van der Waals surface area contributed by atoms with Gasteiger partial charge in [0.2, 0.25) is 0 Å². The van der Waals surface area contributed by atoms with Gasteiger partial charge in [-0.2, -0.15) is 0 Å². The van der Waals surface area contributed by atoms with Crippen molar-refractivity contribution in [3.63, 3.8) is 0 Å². The second kappa shape index (κ2) is 4.05. The van der Waals surface area contributed by atoms with Crippen molar-refractivity contribution in [3.8, 4) is 5.75 Å². The topological polar surface area (TPSA) is 26.3 Å². The monoisotopic (exact) mass is 208 g/mol. The van der Waals surface area contributed by atoms with Gasteiger partial charge in [-0.15, -0.1) is 11.8 Å². The third-order valence-electron chi connectivity index (χ3n) is 2.15. The normalized spacial score (nSPS) is 15.1. The minimum Gasteiger partial charge on any atom is -0.494 e. The van der Waals surface area contributed by atoms with E-state index in [2.05, 4.69) is 6.07 Å². The molecule has 0 saturated carbocycles. The van der Waals surface area contributed by atoms with Crippen LogP contribution in [0.15, 0.2) is 23.1 Å². The Balaban J connectivity index is 2.38.